The molecule has 2 aromatic rings. The Bertz CT molecular complexity index is 531. The van der Waals surface area contributed by atoms with Crippen LogP contribution in [-0.4, -0.2) is 19.1 Å². The lowest BCUT2D eigenvalue weighted by Gasteiger charge is -2.20. The van der Waals surface area contributed by atoms with Crippen molar-refractivity contribution in [1.82, 2.24) is 10.3 Å². The molecule has 1 heterocycles. The summed E-state index contributed by atoms with van der Waals surface area (Å²) >= 11 is 6.20. The van der Waals surface area contributed by atoms with Crippen LogP contribution in [0.15, 0.2) is 42.7 Å². The fourth-order valence-electron chi connectivity index (χ4n) is 2.00. The molecule has 1 atom stereocenters. The first-order chi connectivity index (χ1) is 8.77. The van der Waals surface area contributed by atoms with Crippen LogP contribution in [0.2, 0.25) is 5.02 Å². The zero-order valence-corrected chi connectivity index (χ0v) is 11.1. The van der Waals surface area contributed by atoms with E-state index in [1.54, 1.807) is 19.5 Å². The SMILES string of the molecule is CNC(c1ccncc1Cl)c1ccccc1OC. The molecular formula is C14H15ClN2O. The molecule has 18 heavy (non-hydrogen) atoms. The van der Waals surface area contributed by atoms with E-state index in [-0.39, 0.29) is 6.04 Å². The summed E-state index contributed by atoms with van der Waals surface area (Å²) < 4.78 is 5.39. The van der Waals surface area contributed by atoms with Crippen LogP contribution in [0.25, 0.3) is 0 Å². The molecule has 0 amide bonds. The first-order valence-corrected chi connectivity index (χ1v) is 6.05. The van der Waals surface area contributed by atoms with Gasteiger partial charge in [-0.2, -0.15) is 0 Å². The molecule has 2 rings (SSSR count). The van der Waals surface area contributed by atoms with Crippen molar-refractivity contribution in [2.75, 3.05) is 14.2 Å². The van der Waals surface area contributed by atoms with Crippen molar-refractivity contribution >= 4 is 11.6 Å². The molecule has 0 aliphatic heterocycles. The van der Waals surface area contributed by atoms with Gasteiger partial charge in [-0.05, 0) is 24.7 Å². The Morgan fingerprint density at radius 1 is 1.22 bits per heavy atom. The van der Waals surface area contributed by atoms with Gasteiger partial charge in [0, 0.05) is 18.0 Å². The molecule has 0 bridgehead atoms. The van der Waals surface area contributed by atoms with E-state index >= 15 is 0 Å². The molecule has 0 fully saturated rings. The molecule has 1 aromatic heterocycles. The van der Waals surface area contributed by atoms with Gasteiger partial charge in [0.2, 0.25) is 0 Å². The van der Waals surface area contributed by atoms with Crippen molar-refractivity contribution < 1.29 is 4.74 Å². The van der Waals surface area contributed by atoms with Gasteiger partial charge in [0.15, 0.2) is 0 Å². The molecule has 1 aromatic carbocycles. The van der Waals surface area contributed by atoms with Crippen molar-refractivity contribution in [2.45, 2.75) is 6.04 Å². The van der Waals surface area contributed by atoms with E-state index in [9.17, 15) is 0 Å². The van der Waals surface area contributed by atoms with Crippen LogP contribution in [0.3, 0.4) is 0 Å². The molecule has 0 aliphatic rings. The maximum Gasteiger partial charge on any atom is 0.123 e. The lowest BCUT2D eigenvalue weighted by molar-refractivity contribution is 0.405. The number of para-hydroxylation sites is 1. The quantitative estimate of drug-likeness (QED) is 0.920. The van der Waals surface area contributed by atoms with Crippen molar-refractivity contribution in [3.05, 3.63) is 58.9 Å². The Balaban J connectivity index is 2.49. The van der Waals surface area contributed by atoms with Gasteiger partial charge < -0.3 is 10.1 Å². The summed E-state index contributed by atoms with van der Waals surface area (Å²) in [7, 11) is 3.56. The summed E-state index contributed by atoms with van der Waals surface area (Å²) in [5.41, 5.74) is 2.04. The predicted molar refractivity (Wildman–Crippen MR) is 73.1 cm³/mol. The van der Waals surface area contributed by atoms with Crippen LogP contribution in [0.1, 0.15) is 17.2 Å². The van der Waals surface area contributed by atoms with Crippen molar-refractivity contribution in [1.29, 1.82) is 0 Å². The van der Waals surface area contributed by atoms with E-state index in [4.69, 9.17) is 16.3 Å². The lowest BCUT2D eigenvalue weighted by atomic mass is 9.99. The van der Waals surface area contributed by atoms with E-state index in [1.807, 2.05) is 37.4 Å². The fraction of sp³-hybridized carbons (Fsp3) is 0.214. The predicted octanol–water partition coefficient (Wildman–Crippen LogP) is 3.05. The van der Waals surface area contributed by atoms with Gasteiger partial charge >= 0.3 is 0 Å². The molecule has 1 N–H and O–H groups in total. The Morgan fingerprint density at radius 2 is 2.00 bits per heavy atom. The van der Waals surface area contributed by atoms with Crippen molar-refractivity contribution in [3.8, 4) is 5.75 Å². The maximum atomic E-state index is 6.20. The molecule has 0 radical (unpaired) electrons. The number of nitrogens with one attached hydrogen (secondary N) is 1. The van der Waals surface area contributed by atoms with Gasteiger partial charge in [-0.15, -0.1) is 0 Å². The number of hydrogen-bond donors (Lipinski definition) is 1. The third kappa shape index (κ3) is 2.47. The van der Waals surface area contributed by atoms with Gasteiger partial charge in [0.1, 0.15) is 5.75 Å². The number of ether oxygens (including phenoxy) is 1. The molecule has 4 heteroatoms. The highest BCUT2D eigenvalue weighted by Crippen LogP contribution is 2.32. The molecule has 0 aliphatic carbocycles. The van der Waals surface area contributed by atoms with Crippen LogP contribution < -0.4 is 10.1 Å². The molecule has 0 spiro atoms. The molecule has 3 nitrogen and oxygen atoms in total. The first-order valence-electron chi connectivity index (χ1n) is 5.67. The zero-order valence-electron chi connectivity index (χ0n) is 10.4. The number of rotatable bonds is 4. The van der Waals surface area contributed by atoms with Crippen molar-refractivity contribution in [3.63, 3.8) is 0 Å². The molecular weight excluding hydrogens is 248 g/mol. The smallest absolute Gasteiger partial charge is 0.123 e. The molecule has 94 valence electrons. The topological polar surface area (TPSA) is 34.2 Å². The number of nitrogens with zero attached hydrogens (tertiary/aromatic N) is 1. The number of benzene rings is 1. The second-order valence-electron chi connectivity index (χ2n) is 3.86. The standard InChI is InChI=1S/C14H15ClN2O/c1-16-14(10-7-8-17-9-12(10)15)11-5-3-4-6-13(11)18-2/h3-9,14,16H,1-2H3. The number of aromatic nitrogens is 1. The zero-order chi connectivity index (χ0) is 13.0. The monoisotopic (exact) mass is 262 g/mol. The van der Waals surface area contributed by atoms with E-state index in [1.165, 1.54) is 0 Å². The number of halogens is 1. The highest BCUT2D eigenvalue weighted by Gasteiger charge is 2.18. The van der Waals surface area contributed by atoms with Gasteiger partial charge in [0.25, 0.3) is 0 Å². The highest BCUT2D eigenvalue weighted by molar-refractivity contribution is 6.31. The average Bonchev–Trinajstić information content (AvgIpc) is 2.42. The van der Waals surface area contributed by atoms with Crippen LogP contribution in [0.5, 0.6) is 5.75 Å². The average molecular weight is 263 g/mol. The minimum absolute atomic E-state index is 0.0170. The summed E-state index contributed by atoms with van der Waals surface area (Å²) in [6, 6.07) is 9.79. The minimum atomic E-state index is -0.0170. The summed E-state index contributed by atoms with van der Waals surface area (Å²) in [6.07, 6.45) is 3.39. The number of pyridine rings is 1. The third-order valence-electron chi connectivity index (χ3n) is 2.85. The van der Waals surface area contributed by atoms with Gasteiger partial charge in [-0.25, -0.2) is 0 Å². The van der Waals surface area contributed by atoms with E-state index in [2.05, 4.69) is 10.3 Å². The summed E-state index contributed by atoms with van der Waals surface area (Å²) in [5.74, 6) is 0.838. The van der Waals surface area contributed by atoms with Crippen LogP contribution >= 0.6 is 11.6 Å². The Labute approximate surface area is 112 Å². The summed E-state index contributed by atoms with van der Waals surface area (Å²) in [6.45, 7) is 0. The minimum Gasteiger partial charge on any atom is -0.496 e. The van der Waals surface area contributed by atoms with Crippen LogP contribution in [-0.2, 0) is 0 Å². The molecule has 0 saturated carbocycles. The largest absolute Gasteiger partial charge is 0.496 e. The number of methoxy groups -OCH3 is 1. The Hall–Kier alpha value is -1.58. The Kier molecular flexibility index (Phi) is 4.18. The molecule has 0 saturated heterocycles. The number of hydrogen-bond acceptors (Lipinski definition) is 3. The molecule has 1 unspecified atom stereocenters. The van der Waals surface area contributed by atoms with Gasteiger partial charge in [-0.3, -0.25) is 4.98 Å². The van der Waals surface area contributed by atoms with Gasteiger partial charge in [-0.1, -0.05) is 29.8 Å². The fourth-order valence-corrected chi connectivity index (χ4v) is 2.23. The normalized spacial score (nSPS) is 12.2. The first kappa shape index (κ1) is 12.9. The maximum absolute atomic E-state index is 6.20. The van der Waals surface area contributed by atoms with E-state index < -0.39 is 0 Å². The lowest BCUT2D eigenvalue weighted by Crippen LogP contribution is -2.18. The van der Waals surface area contributed by atoms with E-state index in [0.717, 1.165) is 16.9 Å². The summed E-state index contributed by atoms with van der Waals surface area (Å²) in [4.78, 5) is 4.01. The van der Waals surface area contributed by atoms with Gasteiger partial charge in [0.05, 0.1) is 18.2 Å². The summed E-state index contributed by atoms with van der Waals surface area (Å²) in [5, 5.41) is 3.90. The van der Waals surface area contributed by atoms with E-state index in [0.29, 0.717) is 5.02 Å². The third-order valence-corrected chi connectivity index (χ3v) is 3.17. The van der Waals surface area contributed by atoms with Crippen LogP contribution in [0, 0.1) is 0 Å². The highest BCUT2D eigenvalue weighted by atomic mass is 35.5. The second-order valence-corrected chi connectivity index (χ2v) is 4.27. The van der Waals surface area contributed by atoms with Crippen molar-refractivity contribution in [2.24, 2.45) is 0 Å². The second kappa shape index (κ2) is 5.85. The van der Waals surface area contributed by atoms with Crippen LogP contribution in [0.4, 0.5) is 0 Å². The Morgan fingerprint density at radius 3 is 2.67 bits per heavy atom.